The van der Waals surface area contributed by atoms with E-state index in [9.17, 15) is 4.79 Å². The number of aryl methyl sites for hydroxylation is 1. The lowest BCUT2D eigenvalue weighted by atomic mass is 9.99. The maximum absolute atomic E-state index is 12.5. The van der Waals surface area contributed by atoms with Gasteiger partial charge in [-0.05, 0) is 54.9 Å². The molecule has 172 valence electrons. The predicted molar refractivity (Wildman–Crippen MR) is 136 cm³/mol. The molecule has 0 spiro atoms. The predicted octanol–water partition coefficient (Wildman–Crippen LogP) is 5.99. The molecule has 6 rings (SSSR count). The number of aromatic nitrogens is 3. The van der Waals surface area contributed by atoms with Gasteiger partial charge in [0, 0.05) is 37.3 Å². The van der Waals surface area contributed by atoms with Crippen molar-refractivity contribution in [1.29, 1.82) is 0 Å². The minimum absolute atomic E-state index is 0.277. The van der Waals surface area contributed by atoms with Crippen LogP contribution in [0.2, 0.25) is 5.02 Å². The zero-order valence-electron chi connectivity index (χ0n) is 19.2. The molecule has 1 saturated heterocycles. The summed E-state index contributed by atoms with van der Waals surface area (Å²) in [6, 6.07) is 18.9. The van der Waals surface area contributed by atoms with E-state index in [-0.39, 0.29) is 5.92 Å². The normalized spacial score (nSPS) is 18.1. The van der Waals surface area contributed by atoms with Gasteiger partial charge in [-0.25, -0.2) is 9.97 Å². The van der Waals surface area contributed by atoms with Crippen molar-refractivity contribution in [3.63, 3.8) is 0 Å². The molecule has 1 atom stereocenters. The summed E-state index contributed by atoms with van der Waals surface area (Å²) in [6.07, 6.45) is 4.81. The summed E-state index contributed by atoms with van der Waals surface area (Å²) in [4.78, 5) is 24.2. The standard InChI is InChI=1S/C28H27ClN4O/c1-18-4-2-3-5-24(18)20-6-8-21(9-7-20)26-31-25-14-23(29)15-30-27(25)33(26)17-19-12-13-32(16-19)28(34)22-10-11-22/h2-9,14-15,19,22H,10-13,16-17H2,1H3/t19-/m1/s1. The molecular formula is C28H27ClN4O. The summed E-state index contributed by atoms with van der Waals surface area (Å²) in [5, 5.41) is 0.584. The molecule has 2 aromatic heterocycles. The van der Waals surface area contributed by atoms with Gasteiger partial charge in [-0.3, -0.25) is 4.79 Å². The summed E-state index contributed by atoms with van der Waals surface area (Å²) in [5.41, 5.74) is 6.38. The van der Waals surface area contributed by atoms with Crippen LogP contribution in [0.5, 0.6) is 0 Å². The quantitative estimate of drug-likeness (QED) is 0.360. The van der Waals surface area contributed by atoms with Crippen molar-refractivity contribution in [1.82, 2.24) is 19.4 Å². The first kappa shape index (κ1) is 21.4. The molecule has 1 saturated carbocycles. The molecule has 5 nitrogen and oxygen atoms in total. The molecule has 0 N–H and O–H groups in total. The second-order valence-corrected chi connectivity index (χ2v) is 10.1. The van der Waals surface area contributed by atoms with E-state index >= 15 is 0 Å². The lowest BCUT2D eigenvalue weighted by molar-refractivity contribution is -0.131. The molecule has 2 aromatic carbocycles. The fourth-order valence-corrected chi connectivity index (χ4v) is 5.26. The molecule has 1 aliphatic carbocycles. The van der Waals surface area contributed by atoms with Crippen LogP contribution in [0, 0.1) is 18.8 Å². The van der Waals surface area contributed by atoms with Crippen molar-refractivity contribution >= 4 is 28.7 Å². The number of pyridine rings is 1. The smallest absolute Gasteiger partial charge is 0.225 e. The molecule has 0 radical (unpaired) electrons. The molecule has 6 heteroatoms. The lowest BCUT2D eigenvalue weighted by Crippen LogP contribution is -2.30. The zero-order chi connectivity index (χ0) is 23.2. The van der Waals surface area contributed by atoms with E-state index < -0.39 is 0 Å². The van der Waals surface area contributed by atoms with Crippen molar-refractivity contribution in [2.75, 3.05) is 13.1 Å². The monoisotopic (exact) mass is 470 g/mol. The van der Waals surface area contributed by atoms with Crippen LogP contribution < -0.4 is 0 Å². The Morgan fingerprint density at radius 2 is 1.82 bits per heavy atom. The summed E-state index contributed by atoms with van der Waals surface area (Å²) in [5.74, 6) is 1.91. The molecule has 1 aliphatic heterocycles. The largest absolute Gasteiger partial charge is 0.342 e. The van der Waals surface area contributed by atoms with Crippen molar-refractivity contribution in [3.05, 3.63) is 71.4 Å². The minimum atomic E-state index is 0.277. The van der Waals surface area contributed by atoms with Gasteiger partial charge >= 0.3 is 0 Å². The van der Waals surface area contributed by atoms with E-state index in [4.69, 9.17) is 16.6 Å². The second kappa shape index (κ2) is 8.55. The Kier molecular flexibility index (Phi) is 5.37. The zero-order valence-corrected chi connectivity index (χ0v) is 20.0. The second-order valence-electron chi connectivity index (χ2n) is 9.65. The fraction of sp³-hybridized carbons (Fsp3) is 0.321. The van der Waals surface area contributed by atoms with E-state index in [0.29, 0.717) is 16.8 Å². The van der Waals surface area contributed by atoms with Crippen LogP contribution in [0.3, 0.4) is 0 Å². The number of carbonyl (C=O) groups is 1. The maximum Gasteiger partial charge on any atom is 0.225 e. The number of benzene rings is 2. The first-order valence-electron chi connectivity index (χ1n) is 12.0. The number of likely N-dealkylation sites (tertiary alicyclic amines) is 1. The third-order valence-electron chi connectivity index (χ3n) is 7.12. The summed E-state index contributed by atoms with van der Waals surface area (Å²) >= 11 is 6.23. The van der Waals surface area contributed by atoms with Crippen LogP contribution in [0.1, 0.15) is 24.8 Å². The van der Waals surface area contributed by atoms with Gasteiger partial charge in [-0.1, -0.05) is 60.1 Å². The molecule has 2 fully saturated rings. The van der Waals surface area contributed by atoms with Gasteiger partial charge in [0.15, 0.2) is 5.65 Å². The van der Waals surface area contributed by atoms with Crippen LogP contribution in [-0.4, -0.2) is 38.4 Å². The number of fused-ring (bicyclic) bond motifs is 1. The maximum atomic E-state index is 12.5. The first-order valence-corrected chi connectivity index (χ1v) is 12.4. The number of carbonyl (C=O) groups excluding carboxylic acids is 1. The fourth-order valence-electron chi connectivity index (χ4n) is 5.10. The van der Waals surface area contributed by atoms with Crippen LogP contribution in [0.25, 0.3) is 33.7 Å². The Bertz CT molecular complexity index is 1370. The number of nitrogens with zero attached hydrogens (tertiary/aromatic N) is 4. The average Bonchev–Trinajstić information content (AvgIpc) is 3.50. The number of hydrogen-bond acceptors (Lipinski definition) is 3. The Labute approximate surface area is 204 Å². The lowest BCUT2D eigenvalue weighted by Gasteiger charge is -2.17. The Hall–Kier alpha value is -3.18. The highest BCUT2D eigenvalue weighted by molar-refractivity contribution is 6.31. The Morgan fingerprint density at radius 1 is 1.06 bits per heavy atom. The number of amides is 1. The minimum Gasteiger partial charge on any atom is -0.342 e. The van der Waals surface area contributed by atoms with Gasteiger partial charge < -0.3 is 9.47 Å². The molecular weight excluding hydrogens is 444 g/mol. The van der Waals surface area contributed by atoms with Crippen molar-refractivity contribution < 1.29 is 4.79 Å². The van der Waals surface area contributed by atoms with E-state index in [2.05, 4.69) is 69.9 Å². The van der Waals surface area contributed by atoms with Crippen LogP contribution in [-0.2, 0) is 11.3 Å². The molecule has 3 heterocycles. The van der Waals surface area contributed by atoms with Crippen molar-refractivity contribution in [2.24, 2.45) is 11.8 Å². The average molecular weight is 471 g/mol. The van der Waals surface area contributed by atoms with Crippen LogP contribution in [0.15, 0.2) is 60.8 Å². The van der Waals surface area contributed by atoms with Crippen LogP contribution in [0.4, 0.5) is 0 Å². The van der Waals surface area contributed by atoms with E-state index in [1.807, 2.05) is 6.07 Å². The Balaban J connectivity index is 1.33. The SMILES string of the molecule is Cc1ccccc1-c1ccc(-c2nc3cc(Cl)cnc3n2C[C@@H]2CCN(C(=O)C3CC3)C2)cc1. The molecule has 0 bridgehead atoms. The number of hydrogen-bond donors (Lipinski definition) is 0. The molecule has 34 heavy (non-hydrogen) atoms. The number of rotatable bonds is 5. The number of halogens is 1. The summed E-state index contributed by atoms with van der Waals surface area (Å²) in [7, 11) is 0. The van der Waals surface area contributed by atoms with Crippen LogP contribution >= 0.6 is 11.6 Å². The summed E-state index contributed by atoms with van der Waals surface area (Å²) < 4.78 is 2.21. The highest BCUT2D eigenvalue weighted by Gasteiger charge is 2.36. The van der Waals surface area contributed by atoms with Gasteiger partial charge in [0.05, 0.1) is 5.02 Å². The van der Waals surface area contributed by atoms with Gasteiger partial charge in [-0.15, -0.1) is 0 Å². The van der Waals surface area contributed by atoms with E-state index in [1.165, 1.54) is 16.7 Å². The highest BCUT2D eigenvalue weighted by atomic mass is 35.5. The number of imidazole rings is 1. The van der Waals surface area contributed by atoms with Gasteiger partial charge in [0.1, 0.15) is 11.3 Å². The van der Waals surface area contributed by atoms with Gasteiger partial charge in [-0.2, -0.15) is 0 Å². The third-order valence-corrected chi connectivity index (χ3v) is 7.32. The first-order chi connectivity index (χ1) is 16.6. The third kappa shape index (κ3) is 3.98. The summed E-state index contributed by atoms with van der Waals surface area (Å²) in [6.45, 7) is 4.59. The molecule has 0 unspecified atom stereocenters. The highest BCUT2D eigenvalue weighted by Crippen LogP contribution is 2.34. The topological polar surface area (TPSA) is 51.0 Å². The molecule has 1 amide bonds. The Morgan fingerprint density at radius 3 is 2.59 bits per heavy atom. The van der Waals surface area contributed by atoms with Gasteiger partial charge in [0.25, 0.3) is 0 Å². The van der Waals surface area contributed by atoms with Gasteiger partial charge in [0.2, 0.25) is 5.91 Å². The molecule has 2 aliphatic rings. The van der Waals surface area contributed by atoms with Crippen molar-refractivity contribution in [3.8, 4) is 22.5 Å². The van der Waals surface area contributed by atoms with Crippen molar-refractivity contribution in [2.45, 2.75) is 32.7 Å². The van der Waals surface area contributed by atoms with E-state index in [1.54, 1.807) is 6.20 Å². The molecule has 4 aromatic rings. The van der Waals surface area contributed by atoms with E-state index in [0.717, 1.165) is 61.4 Å².